The maximum atomic E-state index is 15.2. The van der Waals surface area contributed by atoms with Crippen molar-refractivity contribution in [2.24, 2.45) is 5.16 Å². The summed E-state index contributed by atoms with van der Waals surface area (Å²) >= 11 is 5.82. The van der Waals surface area contributed by atoms with Gasteiger partial charge >= 0.3 is 5.97 Å². The van der Waals surface area contributed by atoms with Crippen molar-refractivity contribution in [2.45, 2.75) is 12.1 Å². The highest BCUT2D eigenvalue weighted by Crippen LogP contribution is 2.31. The van der Waals surface area contributed by atoms with E-state index in [1.54, 1.807) is 48.5 Å². The van der Waals surface area contributed by atoms with E-state index in [0.717, 1.165) is 0 Å². The molecule has 0 N–H and O–H groups in total. The highest BCUT2D eigenvalue weighted by Gasteiger charge is 2.51. The monoisotopic (exact) mass is 303 g/mol. The number of rotatable bonds is 3. The van der Waals surface area contributed by atoms with Crippen LogP contribution in [-0.4, -0.2) is 17.3 Å². The van der Waals surface area contributed by atoms with E-state index in [-0.39, 0.29) is 12.1 Å². The minimum atomic E-state index is -2.28. The fourth-order valence-electron chi connectivity index (χ4n) is 2.25. The van der Waals surface area contributed by atoms with Gasteiger partial charge in [0.2, 0.25) is 0 Å². The Balaban J connectivity index is 1.96. The summed E-state index contributed by atoms with van der Waals surface area (Å²) in [6.07, 6.45) is -0.117. The molecule has 21 heavy (non-hydrogen) atoms. The summed E-state index contributed by atoms with van der Waals surface area (Å²) in [7, 11) is 0. The van der Waals surface area contributed by atoms with Crippen LogP contribution in [0.15, 0.2) is 59.8 Å². The van der Waals surface area contributed by atoms with Crippen molar-refractivity contribution in [3.05, 3.63) is 70.7 Å². The fraction of sp³-hybridized carbons (Fsp3) is 0.125. The average Bonchev–Trinajstić information content (AvgIpc) is 2.77. The fourth-order valence-corrected chi connectivity index (χ4v) is 2.38. The molecule has 3 nitrogen and oxygen atoms in total. The Hall–Kier alpha value is -2.20. The predicted octanol–water partition coefficient (Wildman–Crippen LogP) is 3.55. The van der Waals surface area contributed by atoms with Crippen molar-refractivity contribution >= 4 is 23.3 Å². The summed E-state index contributed by atoms with van der Waals surface area (Å²) in [6, 6.07) is 15.4. The van der Waals surface area contributed by atoms with Crippen molar-refractivity contribution in [3.8, 4) is 0 Å². The molecule has 106 valence electrons. The van der Waals surface area contributed by atoms with Gasteiger partial charge in [0.1, 0.15) is 5.71 Å². The largest absolute Gasteiger partial charge is 0.378 e. The first kappa shape index (κ1) is 13.8. The lowest BCUT2D eigenvalue weighted by Gasteiger charge is -2.17. The average molecular weight is 304 g/mol. The Morgan fingerprint density at radius 1 is 1.10 bits per heavy atom. The number of carbonyl (C=O) groups is 1. The first-order valence-corrected chi connectivity index (χ1v) is 6.76. The van der Waals surface area contributed by atoms with Crippen LogP contribution in [0.5, 0.6) is 0 Å². The molecule has 1 atom stereocenters. The van der Waals surface area contributed by atoms with Gasteiger partial charge in [-0.1, -0.05) is 59.2 Å². The molecule has 0 aromatic heterocycles. The van der Waals surface area contributed by atoms with Gasteiger partial charge in [0.15, 0.2) is 0 Å². The molecule has 2 aromatic rings. The number of benzene rings is 2. The van der Waals surface area contributed by atoms with Crippen molar-refractivity contribution in [2.75, 3.05) is 0 Å². The number of oxime groups is 1. The zero-order valence-electron chi connectivity index (χ0n) is 10.9. The van der Waals surface area contributed by atoms with Crippen LogP contribution >= 0.6 is 11.6 Å². The lowest BCUT2D eigenvalue weighted by Crippen LogP contribution is -2.41. The minimum Gasteiger partial charge on any atom is -0.314 e. The standard InChI is InChI=1S/C16H11ClFNO2/c17-13-8-6-12(7-9-13)14-16(18,15(20)21-19-14)10-11-4-2-1-3-5-11/h1-9H,10H2/t16-/m1/s1. The Kier molecular flexibility index (Phi) is 3.47. The summed E-state index contributed by atoms with van der Waals surface area (Å²) in [6.45, 7) is 0. The third-order valence-corrected chi connectivity index (χ3v) is 3.58. The highest BCUT2D eigenvalue weighted by atomic mass is 35.5. The van der Waals surface area contributed by atoms with Crippen molar-refractivity contribution in [1.29, 1.82) is 0 Å². The molecule has 0 unspecified atom stereocenters. The number of hydrogen-bond acceptors (Lipinski definition) is 3. The Labute approximate surface area is 126 Å². The second-order valence-electron chi connectivity index (χ2n) is 4.79. The molecule has 1 aliphatic heterocycles. The Morgan fingerprint density at radius 2 is 1.76 bits per heavy atom. The minimum absolute atomic E-state index is 0.0204. The first-order valence-electron chi connectivity index (χ1n) is 6.38. The van der Waals surface area contributed by atoms with Crippen LogP contribution in [0.2, 0.25) is 5.02 Å². The van der Waals surface area contributed by atoms with E-state index in [1.807, 2.05) is 6.07 Å². The van der Waals surface area contributed by atoms with E-state index in [9.17, 15) is 4.79 Å². The maximum absolute atomic E-state index is 15.2. The predicted molar refractivity (Wildman–Crippen MR) is 78.1 cm³/mol. The highest BCUT2D eigenvalue weighted by molar-refractivity contribution is 6.30. The quantitative estimate of drug-likeness (QED) is 0.813. The van der Waals surface area contributed by atoms with Gasteiger partial charge in [-0.15, -0.1) is 0 Å². The van der Waals surface area contributed by atoms with E-state index < -0.39 is 11.6 Å². The van der Waals surface area contributed by atoms with Crippen molar-refractivity contribution in [3.63, 3.8) is 0 Å². The van der Waals surface area contributed by atoms with E-state index in [4.69, 9.17) is 11.6 Å². The van der Waals surface area contributed by atoms with Gasteiger partial charge < -0.3 is 4.84 Å². The SMILES string of the molecule is O=C1ON=C(c2ccc(Cl)cc2)[C@]1(F)Cc1ccccc1. The van der Waals surface area contributed by atoms with Gasteiger partial charge in [-0.25, -0.2) is 9.18 Å². The molecule has 0 saturated heterocycles. The van der Waals surface area contributed by atoms with Crippen molar-refractivity contribution in [1.82, 2.24) is 0 Å². The van der Waals surface area contributed by atoms with Crippen LogP contribution in [0.1, 0.15) is 11.1 Å². The molecule has 3 rings (SSSR count). The zero-order valence-corrected chi connectivity index (χ0v) is 11.7. The summed E-state index contributed by atoms with van der Waals surface area (Å²) < 4.78 is 15.2. The Morgan fingerprint density at radius 3 is 2.43 bits per heavy atom. The number of carbonyl (C=O) groups excluding carboxylic acids is 1. The lowest BCUT2D eigenvalue weighted by atomic mass is 9.88. The molecule has 5 heteroatoms. The number of hydrogen-bond donors (Lipinski definition) is 0. The van der Waals surface area contributed by atoms with Crippen LogP contribution < -0.4 is 0 Å². The molecule has 0 amide bonds. The van der Waals surface area contributed by atoms with Crippen LogP contribution in [0.4, 0.5) is 4.39 Å². The van der Waals surface area contributed by atoms with E-state index in [1.165, 1.54) is 0 Å². The molecule has 0 radical (unpaired) electrons. The second kappa shape index (κ2) is 5.30. The van der Waals surface area contributed by atoms with Gasteiger partial charge in [-0.3, -0.25) is 0 Å². The second-order valence-corrected chi connectivity index (χ2v) is 5.23. The van der Waals surface area contributed by atoms with Gasteiger partial charge in [0.05, 0.1) is 0 Å². The lowest BCUT2D eigenvalue weighted by molar-refractivity contribution is -0.149. The topological polar surface area (TPSA) is 38.7 Å². The zero-order chi connectivity index (χ0) is 14.9. The van der Waals surface area contributed by atoms with Gasteiger partial charge in [0.25, 0.3) is 5.67 Å². The molecule has 1 aliphatic rings. The third-order valence-electron chi connectivity index (χ3n) is 3.33. The molecular formula is C16H11ClFNO2. The summed E-state index contributed by atoms with van der Waals surface area (Å²) in [5.41, 5.74) is -1.13. The molecule has 0 saturated carbocycles. The van der Waals surface area contributed by atoms with E-state index in [2.05, 4.69) is 9.99 Å². The van der Waals surface area contributed by atoms with Crippen molar-refractivity contribution < 1.29 is 14.0 Å². The molecule has 1 heterocycles. The smallest absolute Gasteiger partial charge is 0.314 e. The molecule has 0 bridgehead atoms. The summed E-state index contributed by atoms with van der Waals surface area (Å²) in [5.74, 6) is -0.990. The van der Waals surface area contributed by atoms with Crippen LogP contribution in [0, 0.1) is 0 Å². The summed E-state index contributed by atoms with van der Waals surface area (Å²) in [5, 5.41) is 4.14. The molecular weight excluding hydrogens is 293 g/mol. The molecule has 0 aliphatic carbocycles. The molecule has 2 aromatic carbocycles. The normalized spacial score (nSPS) is 21.0. The van der Waals surface area contributed by atoms with E-state index in [0.29, 0.717) is 16.1 Å². The Bertz CT molecular complexity index is 700. The van der Waals surface area contributed by atoms with Crippen LogP contribution in [0.25, 0.3) is 0 Å². The first-order chi connectivity index (χ1) is 10.1. The number of alkyl halides is 1. The maximum Gasteiger partial charge on any atom is 0.378 e. The summed E-state index contributed by atoms with van der Waals surface area (Å²) in [4.78, 5) is 16.4. The molecule has 0 fully saturated rings. The van der Waals surface area contributed by atoms with Gasteiger partial charge in [-0.2, -0.15) is 0 Å². The molecule has 0 spiro atoms. The number of halogens is 2. The van der Waals surface area contributed by atoms with Crippen LogP contribution in [-0.2, 0) is 16.1 Å². The van der Waals surface area contributed by atoms with Gasteiger partial charge in [0, 0.05) is 17.0 Å². The van der Waals surface area contributed by atoms with Crippen LogP contribution in [0.3, 0.4) is 0 Å². The van der Waals surface area contributed by atoms with E-state index >= 15 is 4.39 Å². The van der Waals surface area contributed by atoms with Gasteiger partial charge in [-0.05, 0) is 17.7 Å². The third kappa shape index (κ3) is 2.54. The number of nitrogens with zero attached hydrogens (tertiary/aromatic N) is 1.